The molecule has 0 aliphatic carbocycles. The molecule has 0 radical (unpaired) electrons. The summed E-state index contributed by atoms with van der Waals surface area (Å²) in [5.41, 5.74) is 1.26. The average molecular weight is 233 g/mol. The Bertz CT molecular complexity index is 413. The van der Waals surface area contributed by atoms with Gasteiger partial charge in [0.15, 0.2) is 0 Å². The Labute approximate surface area is 102 Å². The van der Waals surface area contributed by atoms with Crippen molar-refractivity contribution < 1.29 is 9.53 Å². The first-order chi connectivity index (χ1) is 7.78. The van der Waals surface area contributed by atoms with Crippen molar-refractivity contribution in [2.75, 3.05) is 0 Å². The third kappa shape index (κ3) is 4.72. The number of carbonyl (C=O) groups is 1. The standard InChI is InChI=1S/C14H19NO2/c1-10(15-11(2)16)12-6-8-13(9-7-12)17-14(3,4)5/h6-9H,1H2,2-5H3,(H,15,16). The summed E-state index contributed by atoms with van der Waals surface area (Å²) in [5, 5.41) is 2.65. The zero-order chi connectivity index (χ0) is 13.1. The molecule has 0 unspecified atom stereocenters. The highest BCUT2D eigenvalue weighted by Crippen LogP contribution is 2.20. The van der Waals surface area contributed by atoms with Gasteiger partial charge in [0.2, 0.25) is 5.91 Å². The maximum atomic E-state index is 10.9. The van der Waals surface area contributed by atoms with Crippen LogP contribution < -0.4 is 10.1 Å². The first kappa shape index (κ1) is 13.3. The summed E-state index contributed by atoms with van der Waals surface area (Å²) in [7, 11) is 0. The summed E-state index contributed by atoms with van der Waals surface area (Å²) in [6.45, 7) is 11.2. The smallest absolute Gasteiger partial charge is 0.221 e. The molecule has 3 heteroatoms. The van der Waals surface area contributed by atoms with Crippen LogP contribution in [0, 0.1) is 0 Å². The molecule has 1 rings (SSSR count). The van der Waals surface area contributed by atoms with Crippen LogP contribution in [0.3, 0.4) is 0 Å². The van der Waals surface area contributed by atoms with Crippen LogP contribution in [0.25, 0.3) is 5.70 Å². The van der Waals surface area contributed by atoms with E-state index in [1.165, 1.54) is 6.92 Å². The molecule has 0 heterocycles. The molecular formula is C14H19NO2. The largest absolute Gasteiger partial charge is 0.488 e. The van der Waals surface area contributed by atoms with Gasteiger partial charge in [-0.25, -0.2) is 0 Å². The van der Waals surface area contributed by atoms with Crippen molar-refractivity contribution in [1.29, 1.82) is 0 Å². The lowest BCUT2D eigenvalue weighted by atomic mass is 10.1. The number of amides is 1. The third-order valence-electron chi connectivity index (χ3n) is 1.95. The second kappa shape index (κ2) is 5.04. The van der Waals surface area contributed by atoms with Crippen molar-refractivity contribution in [1.82, 2.24) is 5.32 Å². The fourth-order valence-electron chi connectivity index (χ4n) is 1.36. The number of nitrogens with one attached hydrogen (secondary N) is 1. The van der Waals surface area contributed by atoms with E-state index in [0.717, 1.165) is 11.3 Å². The summed E-state index contributed by atoms with van der Waals surface area (Å²) < 4.78 is 5.70. The highest BCUT2D eigenvalue weighted by atomic mass is 16.5. The van der Waals surface area contributed by atoms with Crippen molar-refractivity contribution in [2.45, 2.75) is 33.3 Å². The summed E-state index contributed by atoms with van der Waals surface area (Å²) in [5.74, 6) is 0.682. The summed E-state index contributed by atoms with van der Waals surface area (Å²) >= 11 is 0. The molecule has 0 saturated carbocycles. The predicted octanol–water partition coefficient (Wildman–Crippen LogP) is 2.97. The van der Waals surface area contributed by atoms with Gasteiger partial charge in [-0.15, -0.1) is 0 Å². The molecule has 0 aliphatic heterocycles. The van der Waals surface area contributed by atoms with Crippen LogP contribution in [0.2, 0.25) is 0 Å². The Balaban J connectivity index is 2.74. The molecule has 0 saturated heterocycles. The molecule has 17 heavy (non-hydrogen) atoms. The van der Waals surface area contributed by atoms with E-state index in [1.807, 2.05) is 45.0 Å². The lowest BCUT2D eigenvalue weighted by Gasteiger charge is -2.21. The van der Waals surface area contributed by atoms with E-state index in [0.29, 0.717) is 5.70 Å². The summed E-state index contributed by atoms with van der Waals surface area (Å²) in [4.78, 5) is 10.9. The number of ether oxygens (including phenoxy) is 1. The Kier molecular flexibility index (Phi) is 3.94. The Morgan fingerprint density at radius 1 is 1.24 bits per heavy atom. The van der Waals surface area contributed by atoms with E-state index in [4.69, 9.17) is 4.74 Å². The zero-order valence-corrected chi connectivity index (χ0v) is 10.8. The number of benzene rings is 1. The molecule has 0 aromatic heterocycles. The second-order valence-electron chi connectivity index (χ2n) is 4.90. The van der Waals surface area contributed by atoms with E-state index in [-0.39, 0.29) is 11.5 Å². The fourth-order valence-corrected chi connectivity index (χ4v) is 1.36. The Hall–Kier alpha value is -1.77. The second-order valence-corrected chi connectivity index (χ2v) is 4.90. The van der Waals surface area contributed by atoms with Crippen LogP contribution in [0.4, 0.5) is 0 Å². The number of carbonyl (C=O) groups excluding carboxylic acids is 1. The number of rotatable bonds is 3. The monoisotopic (exact) mass is 233 g/mol. The quantitative estimate of drug-likeness (QED) is 0.871. The minimum Gasteiger partial charge on any atom is -0.488 e. The first-order valence-corrected chi connectivity index (χ1v) is 5.54. The molecule has 3 nitrogen and oxygen atoms in total. The van der Waals surface area contributed by atoms with Crippen molar-refractivity contribution in [3.8, 4) is 5.75 Å². The average Bonchev–Trinajstić information content (AvgIpc) is 2.15. The van der Waals surface area contributed by atoms with Crippen LogP contribution in [-0.4, -0.2) is 11.5 Å². The van der Waals surface area contributed by atoms with E-state index >= 15 is 0 Å². The van der Waals surface area contributed by atoms with Gasteiger partial charge in [-0.05, 0) is 50.6 Å². The van der Waals surface area contributed by atoms with Gasteiger partial charge in [0.1, 0.15) is 11.4 Å². The van der Waals surface area contributed by atoms with Crippen LogP contribution >= 0.6 is 0 Å². The molecule has 92 valence electrons. The SMILES string of the molecule is C=C(NC(C)=O)c1ccc(OC(C)(C)C)cc1. The van der Waals surface area contributed by atoms with E-state index in [9.17, 15) is 4.79 Å². The molecule has 1 amide bonds. The van der Waals surface area contributed by atoms with Crippen molar-refractivity contribution in [2.24, 2.45) is 0 Å². The number of hydrogen-bond acceptors (Lipinski definition) is 2. The van der Waals surface area contributed by atoms with Gasteiger partial charge in [-0.3, -0.25) is 4.79 Å². The van der Waals surface area contributed by atoms with Crippen LogP contribution in [0.5, 0.6) is 5.75 Å². The fraction of sp³-hybridized carbons (Fsp3) is 0.357. The maximum Gasteiger partial charge on any atom is 0.221 e. The molecule has 0 spiro atoms. The molecule has 0 fully saturated rings. The molecule has 1 aromatic rings. The van der Waals surface area contributed by atoms with Gasteiger partial charge < -0.3 is 10.1 Å². The van der Waals surface area contributed by atoms with E-state index in [1.54, 1.807) is 0 Å². The summed E-state index contributed by atoms with van der Waals surface area (Å²) in [6, 6.07) is 7.49. The van der Waals surface area contributed by atoms with Crippen molar-refractivity contribution in [3.63, 3.8) is 0 Å². The predicted molar refractivity (Wildman–Crippen MR) is 69.7 cm³/mol. The normalized spacial score (nSPS) is 10.8. The Morgan fingerprint density at radius 2 is 1.76 bits per heavy atom. The number of hydrogen-bond donors (Lipinski definition) is 1. The molecule has 0 atom stereocenters. The van der Waals surface area contributed by atoms with Crippen LogP contribution in [0.15, 0.2) is 30.8 Å². The van der Waals surface area contributed by atoms with Crippen molar-refractivity contribution >= 4 is 11.6 Å². The van der Waals surface area contributed by atoms with Crippen LogP contribution in [-0.2, 0) is 4.79 Å². The van der Waals surface area contributed by atoms with Gasteiger partial charge in [0.05, 0.1) is 0 Å². The molecule has 1 aromatic carbocycles. The van der Waals surface area contributed by atoms with Gasteiger partial charge in [-0.1, -0.05) is 6.58 Å². The third-order valence-corrected chi connectivity index (χ3v) is 1.95. The minimum absolute atomic E-state index is 0.120. The highest BCUT2D eigenvalue weighted by Gasteiger charge is 2.11. The van der Waals surface area contributed by atoms with Crippen LogP contribution in [0.1, 0.15) is 33.3 Å². The first-order valence-electron chi connectivity index (χ1n) is 5.54. The molecule has 0 aliphatic rings. The van der Waals surface area contributed by atoms with Gasteiger partial charge in [-0.2, -0.15) is 0 Å². The van der Waals surface area contributed by atoms with E-state index in [2.05, 4.69) is 11.9 Å². The molecule has 0 bridgehead atoms. The van der Waals surface area contributed by atoms with Gasteiger partial charge in [0, 0.05) is 12.6 Å². The summed E-state index contributed by atoms with van der Waals surface area (Å²) in [6.07, 6.45) is 0. The topological polar surface area (TPSA) is 38.3 Å². The zero-order valence-electron chi connectivity index (χ0n) is 10.8. The van der Waals surface area contributed by atoms with E-state index < -0.39 is 0 Å². The van der Waals surface area contributed by atoms with Gasteiger partial charge >= 0.3 is 0 Å². The van der Waals surface area contributed by atoms with Crippen molar-refractivity contribution in [3.05, 3.63) is 36.4 Å². The lowest BCUT2D eigenvalue weighted by Crippen LogP contribution is -2.23. The molecular weight excluding hydrogens is 214 g/mol. The van der Waals surface area contributed by atoms with Gasteiger partial charge in [0.25, 0.3) is 0 Å². The minimum atomic E-state index is -0.212. The highest BCUT2D eigenvalue weighted by molar-refractivity contribution is 5.84. The maximum absolute atomic E-state index is 10.9. The Morgan fingerprint density at radius 3 is 2.18 bits per heavy atom. The lowest BCUT2D eigenvalue weighted by molar-refractivity contribution is -0.117. The molecule has 1 N–H and O–H groups in total.